The molecule has 0 aliphatic heterocycles. The van der Waals surface area contributed by atoms with E-state index in [1.165, 1.54) is 24.6 Å². The third kappa shape index (κ3) is 8.39. The lowest BCUT2D eigenvalue weighted by molar-refractivity contribution is 0.0727. The zero-order chi connectivity index (χ0) is 35.1. The molecule has 4 atom stereocenters. The second-order valence-corrected chi connectivity index (χ2v) is 28.2. The van der Waals surface area contributed by atoms with Gasteiger partial charge in [0.1, 0.15) is 10.7 Å². The van der Waals surface area contributed by atoms with Gasteiger partial charge in [-0.05, 0) is 115 Å². The number of carbonyl (C=O) groups excluding carboxylic acids is 1. The Hall–Kier alpha value is -1.65. The predicted octanol–water partition coefficient (Wildman–Crippen LogP) is 12.8. The average Bonchev–Trinajstić information content (AvgIpc) is 3.29. The van der Waals surface area contributed by atoms with Crippen molar-refractivity contribution < 1.29 is 18.4 Å². The first-order chi connectivity index (χ1) is 21.6. The largest absolute Gasteiger partial charge is 0.418 e. The van der Waals surface area contributed by atoms with Crippen LogP contribution >= 0.6 is 11.8 Å². The van der Waals surface area contributed by atoms with Crippen LogP contribution in [0, 0.1) is 11.3 Å². The minimum absolute atomic E-state index is 0.0257. The van der Waals surface area contributed by atoms with E-state index in [0.29, 0.717) is 24.5 Å². The molecule has 2 fully saturated rings. The van der Waals surface area contributed by atoms with E-state index in [9.17, 15) is 4.79 Å². The van der Waals surface area contributed by atoms with Gasteiger partial charge in [-0.1, -0.05) is 110 Å². The number of hydrogen-bond donors (Lipinski definition) is 0. The van der Waals surface area contributed by atoms with Gasteiger partial charge in [0, 0.05) is 12.8 Å². The van der Waals surface area contributed by atoms with E-state index >= 15 is 0 Å². The highest BCUT2D eigenvalue weighted by atomic mass is 32.2. The van der Waals surface area contributed by atoms with Crippen molar-refractivity contribution in [1.29, 1.82) is 0 Å². The van der Waals surface area contributed by atoms with Crippen molar-refractivity contribution in [2.45, 2.75) is 148 Å². The monoisotopic (exact) mass is 694 g/mol. The first kappa shape index (κ1) is 38.2. The molecule has 260 valence electrons. The van der Waals surface area contributed by atoms with Crippen molar-refractivity contribution in [3.05, 3.63) is 77.4 Å². The topological polar surface area (TPSA) is 44.8 Å². The fraction of sp³-hybridized carbons (Fsp3) is 0.625. The number of fused-ring (bicyclic) bond motifs is 1. The zero-order valence-electron chi connectivity index (χ0n) is 31.5. The van der Waals surface area contributed by atoms with E-state index in [4.69, 9.17) is 13.6 Å². The molecule has 0 saturated heterocycles. The summed E-state index contributed by atoms with van der Waals surface area (Å²) in [4.78, 5) is 12.9. The summed E-state index contributed by atoms with van der Waals surface area (Å²) < 4.78 is 20.5. The van der Waals surface area contributed by atoms with E-state index in [1.54, 1.807) is 11.1 Å². The summed E-state index contributed by atoms with van der Waals surface area (Å²) in [6.07, 6.45) is 14.0. The maximum Gasteiger partial charge on any atom is 0.375 e. The summed E-state index contributed by atoms with van der Waals surface area (Å²) in [7, 11) is -4.54. The van der Waals surface area contributed by atoms with E-state index in [-0.39, 0.29) is 26.9 Å². The first-order valence-electron chi connectivity index (χ1n) is 17.8. The number of thioether (sulfide) groups is 1. The van der Waals surface area contributed by atoms with Crippen LogP contribution in [0.3, 0.4) is 0 Å². The summed E-state index contributed by atoms with van der Waals surface area (Å²) in [6, 6.07) is 9.34. The molecular weight excluding hydrogens is 633 g/mol. The second kappa shape index (κ2) is 13.9. The van der Waals surface area contributed by atoms with Crippen LogP contribution in [0.2, 0.25) is 36.3 Å². The highest BCUT2D eigenvalue weighted by molar-refractivity contribution is 8.14. The Morgan fingerprint density at radius 3 is 2.26 bits per heavy atom. The minimum Gasteiger partial charge on any atom is -0.418 e. The molecule has 3 aliphatic carbocycles. The van der Waals surface area contributed by atoms with Crippen molar-refractivity contribution in [3.8, 4) is 5.75 Å². The Labute approximate surface area is 293 Å². The molecule has 0 radical (unpaired) electrons. The normalized spacial score (nSPS) is 29.2. The molecule has 1 aromatic rings. The summed E-state index contributed by atoms with van der Waals surface area (Å²) in [6.45, 7) is 32.2. The van der Waals surface area contributed by atoms with Gasteiger partial charge in [0.15, 0.2) is 16.6 Å². The summed E-state index contributed by atoms with van der Waals surface area (Å²) in [5, 5.41) is -0.366. The van der Waals surface area contributed by atoms with Crippen molar-refractivity contribution in [2.75, 3.05) is 0 Å². The Balaban J connectivity index is 1.79. The molecule has 2 saturated carbocycles. The fourth-order valence-corrected chi connectivity index (χ4v) is 11.5. The van der Waals surface area contributed by atoms with Crippen LogP contribution in [0.5, 0.6) is 5.75 Å². The van der Waals surface area contributed by atoms with Crippen molar-refractivity contribution in [2.24, 2.45) is 11.3 Å². The molecule has 0 amide bonds. The number of para-hydroxylation sites is 1. The van der Waals surface area contributed by atoms with E-state index in [2.05, 4.69) is 106 Å². The molecule has 4 rings (SSSR count). The van der Waals surface area contributed by atoms with Gasteiger partial charge in [-0.25, -0.2) is 4.79 Å². The first-order valence-corrected chi connectivity index (χ1v) is 24.4. The summed E-state index contributed by atoms with van der Waals surface area (Å²) in [5.41, 5.74) is 5.58. The van der Waals surface area contributed by atoms with Crippen LogP contribution < -0.4 is 4.74 Å². The Kier molecular flexibility index (Phi) is 11.3. The molecule has 0 aromatic heterocycles. The third-order valence-corrected chi connectivity index (χ3v) is 22.2. The molecule has 47 heavy (non-hydrogen) atoms. The number of rotatable bonds is 8. The van der Waals surface area contributed by atoms with E-state index in [1.807, 2.05) is 30.3 Å². The molecule has 3 aliphatic rings. The highest BCUT2D eigenvalue weighted by Crippen LogP contribution is 2.56. The van der Waals surface area contributed by atoms with E-state index in [0.717, 1.165) is 30.4 Å². The van der Waals surface area contributed by atoms with Crippen molar-refractivity contribution in [1.82, 2.24) is 0 Å². The molecule has 0 N–H and O–H groups in total. The molecule has 0 spiro atoms. The molecule has 0 heterocycles. The number of ether oxygens (including phenoxy) is 1. The average molecular weight is 695 g/mol. The zero-order valence-corrected chi connectivity index (χ0v) is 34.3. The SMILES string of the molecule is C=C1C(=CC=C2CCC[C@]3(C)C(CC)=CC[C@H]23)C[C@](O[Si](C)(C)C(C)(C)C)(SC(=O)Oc2ccccc2)C[C@@H]1O[Si](C)(C)C(C)(C)C. The quantitative estimate of drug-likeness (QED) is 0.117. The lowest BCUT2D eigenvalue weighted by Gasteiger charge is -2.50. The smallest absolute Gasteiger partial charge is 0.375 e. The third-order valence-electron chi connectivity index (χ3n) is 12.1. The van der Waals surface area contributed by atoms with Crippen LogP contribution in [0.1, 0.15) is 100 Å². The van der Waals surface area contributed by atoms with Gasteiger partial charge >= 0.3 is 5.30 Å². The van der Waals surface area contributed by atoms with Crippen LogP contribution in [0.4, 0.5) is 4.79 Å². The molecule has 7 heteroatoms. The van der Waals surface area contributed by atoms with Gasteiger partial charge in [-0.2, -0.15) is 0 Å². The molecule has 0 bridgehead atoms. The summed E-state index contributed by atoms with van der Waals surface area (Å²) in [5.74, 6) is 1.10. The Morgan fingerprint density at radius 2 is 1.66 bits per heavy atom. The maximum absolute atomic E-state index is 13.8. The fourth-order valence-electron chi connectivity index (χ4n) is 7.11. The number of hydrogen-bond acceptors (Lipinski definition) is 5. The molecule has 1 aromatic carbocycles. The number of allylic oxidation sites excluding steroid dienone is 5. The molecular formula is C40H62O4SSi2. The standard InChI is InChI=1S/C40H62O4SSi2/c1-14-32-24-25-34-30(19-18-26-39(32,34)9)22-23-31-27-40(44-47(12,13)38(6,7)8,45-36(41)42-33-20-16-15-17-21-33)28-35(29(31)2)43-46(10,11)37(3,4)5/h15-17,20-24,34-35H,2,14,18-19,25-28H2,1,3-13H3/t34-,35+,39-,40+/m1/s1. The molecule has 4 nitrogen and oxygen atoms in total. The van der Waals surface area contributed by atoms with E-state index < -0.39 is 21.6 Å². The Bertz CT molecular complexity index is 1410. The Morgan fingerprint density at radius 1 is 1.02 bits per heavy atom. The van der Waals surface area contributed by atoms with Gasteiger partial charge in [0.05, 0.1) is 6.10 Å². The van der Waals surface area contributed by atoms with Crippen LogP contribution in [0.25, 0.3) is 0 Å². The number of benzene rings is 1. The maximum atomic E-state index is 13.8. The lowest BCUT2D eigenvalue weighted by Crippen LogP contribution is -2.54. The number of carbonyl (C=O) groups is 1. The van der Waals surface area contributed by atoms with Gasteiger partial charge in [0.2, 0.25) is 0 Å². The van der Waals surface area contributed by atoms with Gasteiger partial charge in [-0.3, -0.25) is 0 Å². The highest BCUT2D eigenvalue weighted by Gasteiger charge is 2.52. The molecule has 0 unspecified atom stereocenters. The lowest BCUT2D eigenvalue weighted by atomic mass is 9.64. The van der Waals surface area contributed by atoms with Gasteiger partial charge < -0.3 is 13.6 Å². The van der Waals surface area contributed by atoms with Crippen LogP contribution in [0.15, 0.2) is 77.4 Å². The minimum atomic E-state index is -2.35. The van der Waals surface area contributed by atoms with Crippen molar-refractivity contribution in [3.63, 3.8) is 0 Å². The van der Waals surface area contributed by atoms with Gasteiger partial charge in [-0.15, -0.1) is 0 Å². The predicted molar refractivity (Wildman–Crippen MR) is 206 cm³/mol. The van der Waals surface area contributed by atoms with Gasteiger partial charge in [0.25, 0.3) is 0 Å². The van der Waals surface area contributed by atoms with Crippen molar-refractivity contribution >= 4 is 33.7 Å². The second-order valence-electron chi connectivity index (χ2n) is 17.4. The van der Waals surface area contributed by atoms with Crippen LogP contribution in [-0.4, -0.2) is 33.0 Å². The van der Waals surface area contributed by atoms with Crippen LogP contribution in [-0.2, 0) is 8.85 Å². The summed E-state index contributed by atoms with van der Waals surface area (Å²) >= 11 is 1.20.